The zero-order valence-corrected chi connectivity index (χ0v) is 14.2. The van der Waals surface area contributed by atoms with Crippen LogP contribution in [0, 0.1) is 0 Å². The minimum Gasteiger partial charge on any atom is -0.195 e. The lowest BCUT2D eigenvalue weighted by Crippen LogP contribution is -2.42. The summed E-state index contributed by atoms with van der Waals surface area (Å²) in [5.74, 6) is 0. The first-order valence-electron chi connectivity index (χ1n) is 6.26. The lowest BCUT2D eigenvalue weighted by atomic mass is 10.1. The van der Waals surface area contributed by atoms with E-state index in [2.05, 4.69) is 15.9 Å². The van der Waals surface area contributed by atoms with Gasteiger partial charge < -0.3 is 0 Å². The molecule has 0 spiro atoms. The molecule has 108 valence electrons. The van der Waals surface area contributed by atoms with Crippen LogP contribution in [0.5, 0.6) is 0 Å². The van der Waals surface area contributed by atoms with Crippen LogP contribution in [0.25, 0.3) is 0 Å². The average Bonchev–Trinajstić information content (AvgIpc) is 2.35. The fraction of sp³-hybridized carbons (Fsp3) is 0.538. The first-order chi connectivity index (χ1) is 8.82. The maximum atomic E-state index is 12.4. The molecule has 0 aliphatic carbocycles. The van der Waals surface area contributed by atoms with Gasteiger partial charge in [0.1, 0.15) is 0 Å². The van der Waals surface area contributed by atoms with Crippen molar-refractivity contribution in [3.8, 4) is 0 Å². The second-order valence-electron chi connectivity index (χ2n) is 4.60. The lowest BCUT2D eigenvalue weighted by molar-refractivity contribution is 0.317. The Balaban J connectivity index is 3.17. The van der Waals surface area contributed by atoms with Gasteiger partial charge in [-0.05, 0) is 25.0 Å². The fourth-order valence-electron chi connectivity index (χ4n) is 1.91. The molecule has 0 bridgehead atoms. The van der Waals surface area contributed by atoms with Crippen molar-refractivity contribution in [1.29, 1.82) is 0 Å². The van der Waals surface area contributed by atoms with Gasteiger partial charge in [0.05, 0.1) is 0 Å². The van der Waals surface area contributed by atoms with E-state index in [1.54, 1.807) is 14.1 Å². The molecular weight excluding hydrogens is 328 g/mol. The quantitative estimate of drug-likeness (QED) is 0.792. The summed E-state index contributed by atoms with van der Waals surface area (Å²) in [6.45, 7) is 4.39. The molecule has 0 fully saturated rings. The van der Waals surface area contributed by atoms with Crippen molar-refractivity contribution in [3.05, 3.63) is 34.3 Å². The predicted octanol–water partition coefficient (Wildman–Crippen LogP) is 3.03. The van der Waals surface area contributed by atoms with Crippen LogP contribution in [0.3, 0.4) is 0 Å². The van der Waals surface area contributed by atoms with E-state index in [0.29, 0.717) is 6.54 Å². The van der Waals surface area contributed by atoms with Crippen LogP contribution in [-0.2, 0) is 10.2 Å². The van der Waals surface area contributed by atoms with Crippen LogP contribution in [0.2, 0.25) is 0 Å². The fourth-order valence-corrected chi connectivity index (χ4v) is 3.87. The highest BCUT2D eigenvalue weighted by Gasteiger charge is 2.30. The maximum Gasteiger partial charge on any atom is 0.282 e. The van der Waals surface area contributed by atoms with Gasteiger partial charge >= 0.3 is 0 Å². The largest absolute Gasteiger partial charge is 0.282 e. The highest BCUT2D eigenvalue weighted by molar-refractivity contribution is 9.10. The van der Waals surface area contributed by atoms with Crippen molar-refractivity contribution in [2.75, 3.05) is 20.6 Å². The van der Waals surface area contributed by atoms with E-state index in [0.717, 1.165) is 16.5 Å². The third-order valence-electron chi connectivity index (χ3n) is 2.99. The van der Waals surface area contributed by atoms with Crippen LogP contribution in [-0.4, -0.2) is 37.7 Å². The van der Waals surface area contributed by atoms with Gasteiger partial charge in [-0.1, -0.05) is 41.1 Å². The molecule has 0 heterocycles. The molecule has 6 heteroatoms. The SMILES string of the molecule is CCCN(C(C)c1ccccc1Br)S(=O)(=O)N(C)C. The molecule has 0 amide bonds. The van der Waals surface area contributed by atoms with Crippen LogP contribution >= 0.6 is 15.9 Å². The summed E-state index contributed by atoms with van der Waals surface area (Å²) < 4.78 is 28.5. The highest BCUT2D eigenvalue weighted by atomic mass is 79.9. The smallest absolute Gasteiger partial charge is 0.195 e. The molecule has 19 heavy (non-hydrogen) atoms. The van der Waals surface area contributed by atoms with E-state index in [1.807, 2.05) is 38.1 Å². The van der Waals surface area contributed by atoms with E-state index in [-0.39, 0.29) is 6.04 Å². The van der Waals surface area contributed by atoms with E-state index in [1.165, 1.54) is 8.61 Å². The summed E-state index contributed by atoms with van der Waals surface area (Å²) in [7, 11) is -0.299. The normalized spacial score (nSPS) is 14.1. The first kappa shape index (κ1) is 16.6. The Morgan fingerprint density at radius 2 is 1.84 bits per heavy atom. The van der Waals surface area contributed by atoms with Gasteiger partial charge in [-0.2, -0.15) is 17.0 Å². The molecule has 1 aromatic carbocycles. The Labute approximate surface area is 124 Å². The number of halogens is 1. The Morgan fingerprint density at radius 1 is 1.26 bits per heavy atom. The molecule has 4 nitrogen and oxygen atoms in total. The third-order valence-corrected chi connectivity index (χ3v) is 5.73. The van der Waals surface area contributed by atoms with E-state index in [9.17, 15) is 8.42 Å². The van der Waals surface area contributed by atoms with E-state index in [4.69, 9.17) is 0 Å². The lowest BCUT2D eigenvalue weighted by Gasteiger charge is -2.31. The van der Waals surface area contributed by atoms with Crippen LogP contribution in [0.4, 0.5) is 0 Å². The number of hydrogen-bond donors (Lipinski definition) is 0. The van der Waals surface area contributed by atoms with Gasteiger partial charge in [-0.3, -0.25) is 0 Å². The van der Waals surface area contributed by atoms with Crippen LogP contribution in [0.15, 0.2) is 28.7 Å². The van der Waals surface area contributed by atoms with Crippen molar-refractivity contribution in [2.24, 2.45) is 0 Å². The second-order valence-corrected chi connectivity index (χ2v) is 7.55. The van der Waals surface area contributed by atoms with E-state index < -0.39 is 10.2 Å². The maximum absolute atomic E-state index is 12.4. The molecule has 0 N–H and O–H groups in total. The summed E-state index contributed by atoms with van der Waals surface area (Å²) in [4.78, 5) is 0. The Hall–Kier alpha value is -0.430. The molecule has 0 aliphatic heterocycles. The molecule has 1 unspecified atom stereocenters. The molecule has 0 saturated carbocycles. The van der Waals surface area contributed by atoms with Crippen LogP contribution in [0.1, 0.15) is 31.9 Å². The van der Waals surface area contributed by atoms with Crippen LogP contribution < -0.4 is 0 Å². The van der Waals surface area contributed by atoms with Crippen molar-refractivity contribution in [1.82, 2.24) is 8.61 Å². The monoisotopic (exact) mass is 348 g/mol. The summed E-state index contributed by atoms with van der Waals surface area (Å²) in [6, 6.07) is 7.51. The summed E-state index contributed by atoms with van der Waals surface area (Å²) >= 11 is 3.48. The first-order valence-corrected chi connectivity index (χ1v) is 8.45. The molecule has 0 aliphatic rings. The van der Waals surface area contributed by atoms with Crippen molar-refractivity contribution in [3.63, 3.8) is 0 Å². The molecule has 1 rings (SSSR count). The molecule has 0 aromatic heterocycles. The van der Waals surface area contributed by atoms with E-state index >= 15 is 0 Å². The van der Waals surface area contributed by atoms with Gasteiger partial charge in [0.25, 0.3) is 10.2 Å². The predicted molar refractivity (Wildman–Crippen MR) is 82.2 cm³/mol. The van der Waals surface area contributed by atoms with Gasteiger partial charge in [-0.15, -0.1) is 0 Å². The second kappa shape index (κ2) is 6.83. The van der Waals surface area contributed by atoms with Gasteiger partial charge in [-0.25, -0.2) is 0 Å². The number of nitrogens with zero attached hydrogens (tertiary/aromatic N) is 2. The Bertz CT molecular complexity index is 517. The Kier molecular flexibility index (Phi) is 5.98. The number of hydrogen-bond acceptors (Lipinski definition) is 2. The molecular formula is C13H21BrN2O2S. The van der Waals surface area contributed by atoms with Crippen molar-refractivity contribution >= 4 is 26.1 Å². The number of rotatable bonds is 6. The Morgan fingerprint density at radius 3 is 2.32 bits per heavy atom. The summed E-state index contributed by atoms with van der Waals surface area (Å²) in [5.41, 5.74) is 0.973. The molecule has 1 aromatic rings. The number of benzene rings is 1. The van der Waals surface area contributed by atoms with Gasteiger partial charge in [0.15, 0.2) is 0 Å². The zero-order chi connectivity index (χ0) is 14.6. The topological polar surface area (TPSA) is 40.6 Å². The minimum atomic E-state index is -3.42. The molecule has 1 atom stereocenters. The minimum absolute atomic E-state index is 0.206. The van der Waals surface area contributed by atoms with Crippen molar-refractivity contribution < 1.29 is 8.42 Å². The highest BCUT2D eigenvalue weighted by Crippen LogP contribution is 2.29. The summed E-state index contributed by atoms with van der Waals surface area (Å²) in [5, 5.41) is 0. The van der Waals surface area contributed by atoms with Crippen molar-refractivity contribution in [2.45, 2.75) is 26.3 Å². The van der Waals surface area contributed by atoms with Gasteiger partial charge in [0.2, 0.25) is 0 Å². The average molecular weight is 349 g/mol. The zero-order valence-electron chi connectivity index (χ0n) is 11.8. The van der Waals surface area contributed by atoms with Gasteiger partial charge in [0, 0.05) is 31.2 Å². The summed E-state index contributed by atoms with van der Waals surface area (Å²) in [6.07, 6.45) is 0.780. The standard InChI is InChI=1S/C13H21BrN2O2S/c1-5-10-16(19(17,18)15(3)4)11(2)12-8-6-7-9-13(12)14/h6-9,11H,5,10H2,1-4H3. The molecule has 0 saturated heterocycles. The molecule has 0 radical (unpaired) electrons. The third kappa shape index (κ3) is 3.78.